The minimum atomic E-state index is 0.180. The zero-order valence-electron chi connectivity index (χ0n) is 17.4. The molecule has 156 valence electrons. The Labute approximate surface area is 168 Å². The van der Waals surface area contributed by atoms with E-state index in [-0.39, 0.29) is 5.91 Å². The predicted molar refractivity (Wildman–Crippen MR) is 114 cm³/mol. The van der Waals surface area contributed by atoms with E-state index in [2.05, 4.69) is 44.3 Å². The third kappa shape index (κ3) is 7.70. The van der Waals surface area contributed by atoms with Gasteiger partial charge in [0.05, 0.1) is 0 Å². The molecule has 0 aliphatic carbocycles. The Kier molecular flexibility index (Phi) is 10.1. The highest BCUT2D eigenvalue weighted by atomic mass is 16.2. The molecule has 1 saturated heterocycles. The van der Waals surface area contributed by atoms with Crippen LogP contribution < -0.4 is 15.5 Å². The Morgan fingerprint density at radius 3 is 2.50 bits per heavy atom. The van der Waals surface area contributed by atoms with Crippen LogP contribution in [-0.4, -0.2) is 72.5 Å². The van der Waals surface area contributed by atoms with Crippen molar-refractivity contribution in [2.45, 2.75) is 46.0 Å². The number of rotatable bonds is 10. The second-order valence-corrected chi connectivity index (χ2v) is 6.91. The fourth-order valence-electron chi connectivity index (χ4n) is 3.13. The third-order valence-electron chi connectivity index (χ3n) is 4.72. The summed E-state index contributed by atoms with van der Waals surface area (Å²) >= 11 is 0. The second kappa shape index (κ2) is 12.9. The van der Waals surface area contributed by atoms with Crippen molar-refractivity contribution >= 4 is 17.8 Å². The van der Waals surface area contributed by atoms with E-state index in [0.29, 0.717) is 26.1 Å². The Bertz CT molecular complexity index is 585. The summed E-state index contributed by atoms with van der Waals surface area (Å²) in [4.78, 5) is 29.7. The Morgan fingerprint density at radius 2 is 1.82 bits per heavy atom. The number of nitrogens with one attached hydrogen (secondary N) is 2. The molecule has 0 radical (unpaired) electrons. The van der Waals surface area contributed by atoms with Crippen molar-refractivity contribution in [2.75, 3.05) is 50.7 Å². The maximum Gasteiger partial charge on any atom is 0.225 e. The van der Waals surface area contributed by atoms with Crippen molar-refractivity contribution in [3.8, 4) is 0 Å². The highest BCUT2D eigenvalue weighted by Gasteiger charge is 2.22. The van der Waals surface area contributed by atoms with E-state index in [1.165, 1.54) is 19.3 Å². The molecule has 8 heteroatoms. The van der Waals surface area contributed by atoms with Crippen LogP contribution in [0.2, 0.25) is 0 Å². The standard InChI is InChI=1S/C20H35N7O/c1-3-5-6-7-10-22-19(21-4-2)23-13-9-18(28)26-14-16-27(17-15-26)20-24-11-8-12-25-20/h8,11-12H,3-7,9-10,13-17H2,1-2H3,(H2,21,22,23). The van der Waals surface area contributed by atoms with E-state index >= 15 is 0 Å². The average Bonchev–Trinajstić information content (AvgIpc) is 2.74. The first-order valence-electron chi connectivity index (χ1n) is 10.6. The van der Waals surface area contributed by atoms with Crippen LogP contribution in [0.15, 0.2) is 23.5 Å². The number of aromatic nitrogens is 2. The van der Waals surface area contributed by atoms with Crippen molar-refractivity contribution in [2.24, 2.45) is 4.99 Å². The van der Waals surface area contributed by atoms with Gasteiger partial charge in [0.2, 0.25) is 11.9 Å². The molecule has 0 aromatic carbocycles. The summed E-state index contributed by atoms with van der Waals surface area (Å²) < 4.78 is 0. The topological polar surface area (TPSA) is 85.8 Å². The lowest BCUT2D eigenvalue weighted by Crippen LogP contribution is -2.50. The van der Waals surface area contributed by atoms with Gasteiger partial charge in [-0.25, -0.2) is 9.97 Å². The molecule has 1 aromatic heterocycles. The molecule has 1 aromatic rings. The van der Waals surface area contributed by atoms with E-state index < -0.39 is 0 Å². The van der Waals surface area contributed by atoms with Gasteiger partial charge in [0, 0.05) is 64.6 Å². The first-order valence-corrected chi connectivity index (χ1v) is 10.6. The van der Waals surface area contributed by atoms with Gasteiger partial charge >= 0.3 is 0 Å². The molecular weight excluding hydrogens is 354 g/mol. The summed E-state index contributed by atoms with van der Waals surface area (Å²) in [5, 5.41) is 6.52. The van der Waals surface area contributed by atoms with Crippen LogP contribution in [0.25, 0.3) is 0 Å². The Balaban J connectivity index is 1.67. The average molecular weight is 390 g/mol. The quantitative estimate of drug-likeness (QED) is 0.360. The lowest BCUT2D eigenvalue weighted by atomic mass is 10.2. The summed E-state index contributed by atoms with van der Waals surface area (Å²) in [6.07, 6.45) is 8.80. The second-order valence-electron chi connectivity index (χ2n) is 6.91. The molecule has 8 nitrogen and oxygen atoms in total. The van der Waals surface area contributed by atoms with Gasteiger partial charge in [0.15, 0.2) is 5.96 Å². The molecule has 2 N–H and O–H groups in total. The molecule has 0 saturated carbocycles. The zero-order valence-corrected chi connectivity index (χ0v) is 17.4. The first-order chi connectivity index (χ1) is 13.7. The maximum absolute atomic E-state index is 12.5. The van der Waals surface area contributed by atoms with E-state index in [1.54, 1.807) is 12.4 Å². The predicted octanol–water partition coefficient (Wildman–Crippen LogP) is 1.65. The highest BCUT2D eigenvalue weighted by Crippen LogP contribution is 2.10. The molecule has 1 aliphatic rings. The smallest absolute Gasteiger partial charge is 0.225 e. The van der Waals surface area contributed by atoms with Crippen molar-refractivity contribution < 1.29 is 4.79 Å². The Morgan fingerprint density at radius 1 is 1.07 bits per heavy atom. The number of anilines is 1. The fraction of sp³-hybridized carbons (Fsp3) is 0.700. The zero-order chi connectivity index (χ0) is 20.0. The fourth-order valence-corrected chi connectivity index (χ4v) is 3.13. The number of guanidine groups is 1. The van der Waals surface area contributed by atoms with E-state index in [4.69, 9.17) is 0 Å². The molecule has 1 aliphatic heterocycles. The molecule has 0 spiro atoms. The van der Waals surface area contributed by atoms with Crippen LogP contribution in [0.4, 0.5) is 5.95 Å². The minimum absolute atomic E-state index is 0.180. The number of amides is 1. The van der Waals surface area contributed by atoms with Crippen molar-refractivity contribution in [1.29, 1.82) is 0 Å². The van der Waals surface area contributed by atoms with Crippen molar-refractivity contribution in [3.63, 3.8) is 0 Å². The van der Waals surface area contributed by atoms with Crippen LogP contribution in [0.1, 0.15) is 46.0 Å². The number of carbonyl (C=O) groups is 1. The molecule has 0 atom stereocenters. The summed E-state index contributed by atoms with van der Waals surface area (Å²) in [5.41, 5.74) is 0. The van der Waals surface area contributed by atoms with Crippen molar-refractivity contribution in [1.82, 2.24) is 25.5 Å². The molecule has 1 amide bonds. The van der Waals surface area contributed by atoms with E-state index in [9.17, 15) is 4.79 Å². The number of carbonyl (C=O) groups excluding carboxylic acids is 1. The minimum Gasteiger partial charge on any atom is -0.357 e. The van der Waals surface area contributed by atoms with Crippen LogP contribution in [0.5, 0.6) is 0 Å². The number of unbranched alkanes of at least 4 members (excludes halogenated alkanes) is 3. The number of aliphatic imine (C=N–C) groups is 1. The lowest BCUT2D eigenvalue weighted by molar-refractivity contribution is -0.131. The molecule has 0 unspecified atom stereocenters. The Hall–Kier alpha value is -2.38. The van der Waals surface area contributed by atoms with Crippen LogP contribution in [-0.2, 0) is 4.79 Å². The molecule has 1 fully saturated rings. The molecule has 28 heavy (non-hydrogen) atoms. The van der Waals surface area contributed by atoms with Gasteiger partial charge in [-0.05, 0) is 19.4 Å². The van der Waals surface area contributed by atoms with Crippen LogP contribution in [0.3, 0.4) is 0 Å². The summed E-state index contributed by atoms with van der Waals surface area (Å²) in [6, 6.07) is 1.81. The third-order valence-corrected chi connectivity index (χ3v) is 4.72. The van der Waals surface area contributed by atoms with Gasteiger partial charge in [-0.3, -0.25) is 9.79 Å². The number of nitrogens with zero attached hydrogens (tertiary/aromatic N) is 5. The van der Waals surface area contributed by atoms with Crippen molar-refractivity contribution in [3.05, 3.63) is 18.5 Å². The highest BCUT2D eigenvalue weighted by molar-refractivity contribution is 5.81. The van der Waals surface area contributed by atoms with Gasteiger partial charge in [0.1, 0.15) is 0 Å². The van der Waals surface area contributed by atoms with Crippen LogP contribution in [0, 0.1) is 0 Å². The number of hydrogen-bond donors (Lipinski definition) is 2. The summed E-state index contributed by atoms with van der Waals surface area (Å²) in [6.45, 7) is 9.46. The largest absolute Gasteiger partial charge is 0.357 e. The summed E-state index contributed by atoms with van der Waals surface area (Å²) in [7, 11) is 0. The van der Waals surface area contributed by atoms with Gasteiger partial charge in [-0.15, -0.1) is 0 Å². The van der Waals surface area contributed by atoms with E-state index in [1.807, 2.05) is 11.0 Å². The molecule has 2 heterocycles. The normalized spacial score (nSPS) is 14.9. The summed E-state index contributed by atoms with van der Waals surface area (Å²) in [5.74, 6) is 1.72. The van der Waals surface area contributed by atoms with E-state index in [0.717, 1.165) is 44.5 Å². The molecule has 2 rings (SSSR count). The van der Waals surface area contributed by atoms with Gasteiger partial charge < -0.3 is 20.4 Å². The lowest BCUT2D eigenvalue weighted by Gasteiger charge is -2.34. The van der Waals surface area contributed by atoms with Crippen LogP contribution >= 0.6 is 0 Å². The molecule has 0 bridgehead atoms. The SMILES string of the molecule is CCCCCCN=C(NCC)NCCC(=O)N1CCN(c2ncccn2)CC1. The first kappa shape index (κ1) is 21.9. The maximum atomic E-state index is 12.5. The van der Waals surface area contributed by atoms with Gasteiger partial charge in [-0.2, -0.15) is 0 Å². The number of piperazine rings is 1. The van der Waals surface area contributed by atoms with Gasteiger partial charge in [0.25, 0.3) is 0 Å². The molecular formula is C20H35N7O. The van der Waals surface area contributed by atoms with Gasteiger partial charge in [-0.1, -0.05) is 26.2 Å². The monoisotopic (exact) mass is 389 g/mol. The number of hydrogen-bond acceptors (Lipinski definition) is 5.